The van der Waals surface area contributed by atoms with Crippen molar-refractivity contribution in [1.29, 1.82) is 0 Å². The van der Waals surface area contributed by atoms with Gasteiger partial charge in [-0.25, -0.2) is 9.37 Å². The van der Waals surface area contributed by atoms with Crippen molar-refractivity contribution in [3.05, 3.63) is 77.4 Å². The average Bonchev–Trinajstić information content (AvgIpc) is 3.38. The van der Waals surface area contributed by atoms with E-state index in [4.69, 9.17) is 0 Å². The van der Waals surface area contributed by atoms with E-state index in [0.717, 1.165) is 24.0 Å². The first-order valence-electron chi connectivity index (χ1n) is 9.31. The fourth-order valence-corrected chi connectivity index (χ4v) is 3.58. The fraction of sp³-hybridized carbons (Fsp3) is 0.286. The van der Waals surface area contributed by atoms with Gasteiger partial charge < -0.3 is 10.2 Å². The number of benzene rings is 2. The summed E-state index contributed by atoms with van der Waals surface area (Å²) in [6.07, 6.45) is 2.65. The van der Waals surface area contributed by atoms with Crippen molar-refractivity contribution in [3.63, 3.8) is 0 Å². The maximum Gasteiger partial charge on any atom is 0.239 e. The number of nitrogens with one attached hydrogen (secondary N) is 1. The molecule has 0 unspecified atom stereocenters. The first-order valence-corrected chi connectivity index (χ1v) is 10.1. The van der Waals surface area contributed by atoms with Gasteiger partial charge in [-0.2, -0.15) is 4.37 Å². The summed E-state index contributed by atoms with van der Waals surface area (Å²) in [6.45, 7) is 0.834. The number of nitrogens with zero attached hydrogens (tertiary/aromatic N) is 3. The minimum Gasteiger partial charge on any atom is -0.352 e. The summed E-state index contributed by atoms with van der Waals surface area (Å²) >= 11 is 1.29. The molecule has 28 heavy (non-hydrogen) atoms. The van der Waals surface area contributed by atoms with Gasteiger partial charge in [0.15, 0.2) is 0 Å². The summed E-state index contributed by atoms with van der Waals surface area (Å²) in [5.74, 6) is 0.423. The Hall–Kier alpha value is -2.80. The Morgan fingerprint density at radius 3 is 2.57 bits per heavy atom. The molecule has 0 radical (unpaired) electrons. The quantitative estimate of drug-likeness (QED) is 0.633. The predicted molar refractivity (Wildman–Crippen MR) is 108 cm³/mol. The van der Waals surface area contributed by atoms with Gasteiger partial charge in [-0.15, -0.1) is 0 Å². The minimum atomic E-state index is -0.258. The Morgan fingerprint density at radius 1 is 1.11 bits per heavy atom. The first kappa shape index (κ1) is 18.6. The molecule has 1 heterocycles. The molecule has 5 nitrogen and oxygen atoms in total. The number of carbonyl (C=O) groups is 1. The maximum atomic E-state index is 13.1. The summed E-state index contributed by atoms with van der Waals surface area (Å²) in [4.78, 5) is 19.0. The third-order valence-electron chi connectivity index (χ3n) is 4.50. The van der Waals surface area contributed by atoms with E-state index in [2.05, 4.69) is 14.7 Å². The number of hydrogen-bond acceptors (Lipinski definition) is 5. The van der Waals surface area contributed by atoms with Gasteiger partial charge in [0.05, 0.1) is 6.54 Å². The molecule has 0 spiro atoms. The summed E-state index contributed by atoms with van der Waals surface area (Å²) in [7, 11) is 0. The van der Waals surface area contributed by atoms with E-state index >= 15 is 0 Å². The Morgan fingerprint density at radius 2 is 1.86 bits per heavy atom. The van der Waals surface area contributed by atoms with Gasteiger partial charge in [0.2, 0.25) is 11.0 Å². The molecule has 0 bridgehead atoms. The zero-order chi connectivity index (χ0) is 19.3. The van der Waals surface area contributed by atoms with Crippen LogP contribution in [0, 0.1) is 5.82 Å². The average molecular weight is 396 g/mol. The molecular weight excluding hydrogens is 375 g/mol. The molecule has 2 aromatic carbocycles. The third kappa shape index (κ3) is 5.13. The highest BCUT2D eigenvalue weighted by Crippen LogP contribution is 2.22. The highest BCUT2D eigenvalue weighted by Gasteiger charge is 2.25. The van der Waals surface area contributed by atoms with Gasteiger partial charge in [-0.1, -0.05) is 42.5 Å². The number of amides is 1. The zero-order valence-electron chi connectivity index (χ0n) is 15.3. The van der Waals surface area contributed by atoms with E-state index in [-0.39, 0.29) is 18.3 Å². The second kappa shape index (κ2) is 8.48. The smallest absolute Gasteiger partial charge is 0.239 e. The first-order chi connectivity index (χ1) is 13.7. The predicted octanol–water partition coefficient (Wildman–Crippen LogP) is 3.55. The molecule has 1 aromatic heterocycles. The minimum absolute atomic E-state index is 0.00807. The van der Waals surface area contributed by atoms with Crippen LogP contribution in [0.3, 0.4) is 0 Å². The van der Waals surface area contributed by atoms with Crippen LogP contribution in [0.4, 0.5) is 9.52 Å². The monoisotopic (exact) mass is 396 g/mol. The van der Waals surface area contributed by atoms with Gasteiger partial charge in [0.1, 0.15) is 11.6 Å². The van der Waals surface area contributed by atoms with Crippen molar-refractivity contribution < 1.29 is 9.18 Å². The van der Waals surface area contributed by atoms with Gasteiger partial charge in [0, 0.05) is 30.5 Å². The second-order valence-corrected chi connectivity index (χ2v) is 7.71. The van der Waals surface area contributed by atoms with Crippen LogP contribution in [0.15, 0.2) is 54.6 Å². The molecule has 1 aliphatic carbocycles. The lowest BCUT2D eigenvalue weighted by atomic mass is 10.1. The summed E-state index contributed by atoms with van der Waals surface area (Å²) in [5, 5.41) is 3.75. The van der Waals surface area contributed by atoms with E-state index in [1.54, 1.807) is 12.1 Å². The number of aromatic nitrogens is 2. The lowest BCUT2D eigenvalue weighted by Gasteiger charge is -2.21. The molecule has 7 heteroatoms. The van der Waals surface area contributed by atoms with E-state index in [1.807, 2.05) is 35.2 Å². The van der Waals surface area contributed by atoms with Crippen molar-refractivity contribution >= 4 is 22.6 Å². The van der Waals surface area contributed by atoms with E-state index in [1.165, 1.54) is 23.7 Å². The summed E-state index contributed by atoms with van der Waals surface area (Å²) in [5.41, 5.74) is 2.06. The molecule has 1 amide bonds. The lowest BCUT2D eigenvalue weighted by Crippen LogP contribution is -2.38. The van der Waals surface area contributed by atoms with Crippen LogP contribution in [0.5, 0.6) is 0 Å². The topological polar surface area (TPSA) is 58.1 Å². The Labute approximate surface area is 167 Å². The molecule has 1 saturated carbocycles. The molecule has 0 atom stereocenters. The Balaban J connectivity index is 1.48. The SMILES string of the molecule is O=C(CN(Cc1ccccc1)c1nc(Cc2ccc(F)cc2)ns1)NC1CC1. The van der Waals surface area contributed by atoms with Crippen LogP contribution in [-0.4, -0.2) is 27.9 Å². The molecule has 1 fully saturated rings. The number of hydrogen-bond donors (Lipinski definition) is 1. The molecule has 0 saturated heterocycles. The normalized spacial score (nSPS) is 13.3. The Kier molecular flexibility index (Phi) is 5.62. The van der Waals surface area contributed by atoms with Crippen LogP contribution in [0.1, 0.15) is 29.8 Å². The third-order valence-corrected chi connectivity index (χ3v) is 5.31. The molecule has 1 aliphatic rings. The highest BCUT2D eigenvalue weighted by atomic mass is 32.1. The largest absolute Gasteiger partial charge is 0.352 e. The van der Waals surface area contributed by atoms with Crippen molar-refractivity contribution in [2.45, 2.75) is 31.8 Å². The van der Waals surface area contributed by atoms with Crippen LogP contribution in [-0.2, 0) is 17.8 Å². The van der Waals surface area contributed by atoms with E-state index in [0.29, 0.717) is 30.0 Å². The van der Waals surface area contributed by atoms with E-state index < -0.39 is 0 Å². The van der Waals surface area contributed by atoms with Gasteiger partial charge >= 0.3 is 0 Å². The van der Waals surface area contributed by atoms with Gasteiger partial charge in [-0.05, 0) is 36.1 Å². The molecule has 1 N–H and O–H groups in total. The van der Waals surface area contributed by atoms with Crippen molar-refractivity contribution in [2.75, 3.05) is 11.4 Å². The van der Waals surface area contributed by atoms with Crippen LogP contribution in [0.25, 0.3) is 0 Å². The fourth-order valence-electron chi connectivity index (χ4n) is 2.90. The number of rotatable bonds is 8. The second-order valence-electron chi connectivity index (χ2n) is 6.98. The maximum absolute atomic E-state index is 13.1. The standard InChI is InChI=1S/C21H21FN4OS/c22-17-8-6-15(7-9-17)12-19-24-21(28-25-19)26(13-16-4-2-1-3-5-16)14-20(27)23-18-10-11-18/h1-9,18H,10-14H2,(H,23,27). The molecule has 0 aliphatic heterocycles. The van der Waals surface area contributed by atoms with Crippen LogP contribution in [0.2, 0.25) is 0 Å². The van der Waals surface area contributed by atoms with Crippen molar-refractivity contribution in [3.8, 4) is 0 Å². The molecular formula is C21H21FN4OS. The number of anilines is 1. The Bertz CT molecular complexity index is 925. The molecule has 144 valence electrons. The molecule has 3 aromatic rings. The van der Waals surface area contributed by atoms with Crippen molar-refractivity contribution in [1.82, 2.24) is 14.7 Å². The van der Waals surface area contributed by atoms with Crippen molar-refractivity contribution in [2.24, 2.45) is 0 Å². The zero-order valence-corrected chi connectivity index (χ0v) is 16.2. The summed E-state index contributed by atoms with van der Waals surface area (Å²) in [6, 6.07) is 16.7. The van der Waals surface area contributed by atoms with Gasteiger partial charge in [0.25, 0.3) is 0 Å². The van der Waals surface area contributed by atoms with E-state index in [9.17, 15) is 9.18 Å². The number of halogens is 1. The number of carbonyl (C=O) groups excluding carboxylic acids is 1. The van der Waals surface area contributed by atoms with Crippen LogP contribution < -0.4 is 10.2 Å². The molecule has 4 rings (SSSR count). The lowest BCUT2D eigenvalue weighted by molar-refractivity contribution is -0.119. The summed E-state index contributed by atoms with van der Waals surface area (Å²) < 4.78 is 17.5. The highest BCUT2D eigenvalue weighted by molar-refractivity contribution is 7.09. The van der Waals surface area contributed by atoms with Crippen LogP contribution >= 0.6 is 11.5 Å². The van der Waals surface area contributed by atoms with Gasteiger partial charge in [-0.3, -0.25) is 4.79 Å².